The van der Waals surface area contributed by atoms with E-state index in [0.717, 1.165) is 12.2 Å². The fraction of sp³-hybridized carbons (Fsp3) is 0.250. The Morgan fingerprint density at radius 1 is 1.44 bits per heavy atom. The Morgan fingerprint density at radius 2 is 2.28 bits per heavy atom. The Balaban J connectivity index is 1.87. The van der Waals surface area contributed by atoms with Gasteiger partial charge in [0.2, 0.25) is 0 Å². The molecule has 2 aromatic rings. The van der Waals surface area contributed by atoms with Crippen LogP contribution in [0, 0.1) is 0 Å². The van der Waals surface area contributed by atoms with E-state index in [1.807, 2.05) is 17.8 Å². The van der Waals surface area contributed by atoms with Crippen molar-refractivity contribution in [3.63, 3.8) is 0 Å². The van der Waals surface area contributed by atoms with E-state index in [-0.39, 0.29) is 5.56 Å². The van der Waals surface area contributed by atoms with Crippen LogP contribution >= 0.6 is 0 Å². The molecule has 0 amide bonds. The molecule has 0 atom stereocenters. The maximum absolute atomic E-state index is 10.6. The minimum atomic E-state index is -0.970. The van der Waals surface area contributed by atoms with Gasteiger partial charge in [-0.2, -0.15) is 0 Å². The molecule has 0 aliphatic rings. The standard InChI is InChI=1S/C12H14N4O2/c1-16-7-6-14-11(16)4-5-13-10-3-2-9(8-15-10)12(17)18/h2-3,6-8H,4-5H2,1H3,(H,13,15)(H,17,18). The number of nitrogens with zero attached hydrogens (tertiary/aromatic N) is 3. The molecular formula is C12H14N4O2. The summed E-state index contributed by atoms with van der Waals surface area (Å²) in [7, 11) is 1.95. The number of aromatic nitrogens is 3. The first-order chi connectivity index (χ1) is 8.66. The largest absolute Gasteiger partial charge is 0.478 e. The van der Waals surface area contributed by atoms with Crippen LogP contribution in [0.2, 0.25) is 0 Å². The van der Waals surface area contributed by atoms with Gasteiger partial charge in [-0.15, -0.1) is 0 Å². The highest BCUT2D eigenvalue weighted by Gasteiger charge is 2.03. The van der Waals surface area contributed by atoms with Crippen LogP contribution in [0.4, 0.5) is 5.82 Å². The SMILES string of the molecule is Cn1ccnc1CCNc1ccc(C(=O)O)cn1. The Morgan fingerprint density at radius 3 is 2.83 bits per heavy atom. The zero-order valence-corrected chi connectivity index (χ0v) is 10.00. The van der Waals surface area contributed by atoms with Crippen molar-refractivity contribution in [3.8, 4) is 0 Å². The maximum atomic E-state index is 10.6. The van der Waals surface area contributed by atoms with Crippen molar-refractivity contribution in [3.05, 3.63) is 42.1 Å². The summed E-state index contributed by atoms with van der Waals surface area (Å²) in [5.41, 5.74) is 0.185. The highest BCUT2D eigenvalue weighted by atomic mass is 16.4. The summed E-state index contributed by atoms with van der Waals surface area (Å²) in [5, 5.41) is 11.9. The number of carboxylic acid groups (broad SMARTS) is 1. The molecule has 0 aromatic carbocycles. The molecule has 2 rings (SSSR count). The summed E-state index contributed by atoms with van der Waals surface area (Å²) < 4.78 is 1.96. The molecule has 0 unspecified atom stereocenters. The number of carbonyl (C=O) groups is 1. The average Bonchev–Trinajstić information content (AvgIpc) is 2.76. The van der Waals surface area contributed by atoms with Crippen molar-refractivity contribution in [1.29, 1.82) is 0 Å². The second-order valence-corrected chi connectivity index (χ2v) is 3.87. The number of hydrogen-bond donors (Lipinski definition) is 2. The lowest BCUT2D eigenvalue weighted by molar-refractivity contribution is 0.0696. The summed E-state index contributed by atoms with van der Waals surface area (Å²) in [6.07, 6.45) is 5.78. The van der Waals surface area contributed by atoms with Crippen LogP contribution in [-0.4, -0.2) is 32.2 Å². The molecule has 18 heavy (non-hydrogen) atoms. The zero-order valence-electron chi connectivity index (χ0n) is 10.00. The minimum Gasteiger partial charge on any atom is -0.478 e. The second kappa shape index (κ2) is 5.31. The summed E-state index contributed by atoms with van der Waals surface area (Å²) >= 11 is 0. The Labute approximate surface area is 104 Å². The number of rotatable bonds is 5. The molecule has 0 saturated heterocycles. The first-order valence-corrected chi connectivity index (χ1v) is 5.56. The van der Waals surface area contributed by atoms with Crippen molar-refractivity contribution in [2.24, 2.45) is 7.05 Å². The van der Waals surface area contributed by atoms with Gasteiger partial charge in [0.05, 0.1) is 5.56 Å². The molecule has 2 heterocycles. The highest BCUT2D eigenvalue weighted by molar-refractivity contribution is 5.87. The fourth-order valence-electron chi connectivity index (χ4n) is 1.56. The van der Waals surface area contributed by atoms with Crippen LogP contribution in [0.15, 0.2) is 30.7 Å². The smallest absolute Gasteiger partial charge is 0.337 e. The van der Waals surface area contributed by atoms with Gasteiger partial charge in [-0.3, -0.25) is 0 Å². The van der Waals surface area contributed by atoms with Crippen molar-refractivity contribution >= 4 is 11.8 Å². The molecule has 0 spiro atoms. The van der Waals surface area contributed by atoms with Gasteiger partial charge >= 0.3 is 5.97 Å². The van der Waals surface area contributed by atoms with Gasteiger partial charge in [-0.05, 0) is 12.1 Å². The predicted molar refractivity (Wildman–Crippen MR) is 66.6 cm³/mol. The number of aryl methyl sites for hydroxylation is 1. The summed E-state index contributed by atoms with van der Waals surface area (Å²) in [6, 6.07) is 3.18. The van der Waals surface area contributed by atoms with Crippen molar-refractivity contribution < 1.29 is 9.90 Å². The van der Waals surface area contributed by atoms with Crippen LogP contribution in [0.25, 0.3) is 0 Å². The van der Waals surface area contributed by atoms with Gasteiger partial charge in [-0.1, -0.05) is 0 Å². The lowest BCUT2D eigenvalue weighted by Gasteiger charge is -2.05. The number of anilines is 1. The summed E-state index contributed by atoms with van der Waals surface area (Å²) in [4.78, 5) is 18.9. The van der Waals surface area contributed by atoms with E-state index in [1.54, 1.807) is 12.3 Å². The lowest BCUT2D eigenvalue weighted by atomic mass is 10.3. The summed E-state index contributed by atoms with van der Waals surface area (Å²) in [6.45, 7) is 0.699. The van der Waals surface area contributed by atoms with E-state index < -0.39 is 5.97 Å². The molecule has 0 bridgehead atoms. The Hall–Kier alpha value is -2.37. The Bertz CT molecular complexity index is 533. The fourth-order valence-corrected chi connectivity index (χ4v) is 1.56. The molecule has 6 heteroatoms. The average molecular weight is 246 g/mol. The molecule has 2 aromatic heterocycles. The summed E-state index contributed by atoms with van der Waals surface area (Å²) in [5.74, 6) is 0.681. The molecule has 0 aliphatic carbocycles. The molecular weight excluding hydrogens is 232 g/mol. The molecule has 6 nitrogen and oxygen atoms in total. The van der Waals surface area contributed by atoms with Crippen molar-refractivity contribution in [1.82, 2.24) is 14.5 Å². The van der Waals surface area contributed by atoms with Gasteiger partial charge in [0.15, 0.2) is 0 Å². The van der Waals surface area contributed by atoms with Crippen LogP contribution in [0.1, 0.15) is 16.2 Å². The van der Waals surface area contributed by atoms with Gasteiger partial charge in [0, 0.05) is 38.6 Å². The van der Waals surface area contributed by atoms with Crippen LogP contribution < -0.4 is 5.32 Å². The second-order valence-electron chi connectivity index (χ2n) is 3.87. The first-order valence-electron chi connectivity index (χ1n) is 5.56. The number of nitrogens with one attached hydrogen (secondary N) is 1. The minimum absolute atomic E-state index is 0.185. The van der Waals surface area contributed by atoms with E-state index in [4.69, 9.17) is 5.11 Å². The molecule has 2 N–H and O–H groups in total. The molecule has 0 radical (unpaired) electrons. The number of hydrogen-bond acceptors (Lipinski definition) is 4. The van der Waals surface area contributed by atoms with E-state index in [1.165, 1.54) is 12.3 Å². The van der Waals surface area contributed by atoms with Gasteiger partial charge in [0.25, 0.3) is 0 Å². The van der Waals surface area contributed by atoms with Crippen LogP contribution in [0.3, 0.4) is 0 Å². The predicted octanol–water partition coefficient (Wildman–Crippen LogP) is 1.17. The third-order valence-corrected chi connectivity index (χ3v) is 2.59. The maximum Gasteiger partial charge on any atom is 0.337 e. The van der Waals surface area contributed by atoms with E-state index in [9.17, 15) is 4.79 Å². The number of aromatic carboxylic acids is 1. The lowest BCUT2D eigenvalue weighted by Crippen LogP contribution is -2.09. The first kappa shape index (κ1) is 12.1. The Kier molecular flexibility index (Phi) is 3.57. The van der Waals surface area contributed by atoms with Gasteiger partial charge in [-0.25, -0.2) is 14.8 Å². The van der Waals surface area contributed by atoms with Crippen LogP contribution in [0.5, 0.6) is 0 Å². The third kappa shape index (κ3) is 2.85. The van der Waals surface area contributed by atoms with Gasteiger partial charge < -0.3 is 15.0 Å². The molecule has 0 aliphatic heterocycles. The highest BCUT2D eigenvalue weighted by Crippen LogP contribution is 2.05. The number of pyridine rings is 1. The monoisotopic (exact) mass is 246 g/mol. The van der Waals surface area contributed by atoms with Crippen LogP contribution in [-0.2, 0) is 13.5 Å². The van der Waals surface area contributed by atoms with E-state index in [2.05, 4.69) is 15.3 Å². The number of carboxylic acids is 1. The number of imidazole rings is 1. The van der Waals surface area contributed by atoms with E-state index >= 15 is 0 Å². The normalized spacial score (nSPS) is 10.3. The van der Waals surface area contributed by atoms with Crippen molar-refractivity contribution in [2.45, 2.75) is 6.42 Å². The zero-order chi connectivity index (χ0) is 13.0. The van der Waals surface area contributed by atoms with E-state index in [0.29, 0.717) is 12.4 Å². The quantitative estimate of drug-likeness (QED) is 0.827. The van der Waals surface area contributed by atoms with Crippen molar-refractivity contribution in [2.75, 3.05) is 11.9 Å². The molecule has 94 valence electrons. The molecule has 0 saturated carbocycles. The van der Waals surface area contributed by atoms with Gasteiger partial charge in [0.1, 0.15) is 11.6 Å². The topological polar surface area (TPSA) is 80.0 Å². The third-order valence-electron chi connectivity index (χ3n) is 2.59. The molecule has 0 fully saturated rings.